The second kappa shape index (κ2) is 11.0. The molecule has 1 aromatic heterocycles. The molecule has 0 unspecified atom stereocenters. The number of nitrogens with one attached hydrogen (secondary N) is 2. The number of hydrogen-bond donors (Lipinski definition) is 2. The van der Waals surface area contributed by atoms with E-state index in [0.29, 0.717) is 33.5 Å². The van der Waals surface area contributed by atoms with E-state index >= 15 is 0 Å². The van der Waals surface area contributed by atoms with Gasteiger partial charge in [-0.15, -0.1) is 11.3 Å². The van der Waals surface area contributed by atoms with Gasteiger partial charge >= 0.3 is 11.8 Å². The number of aryl methyl sites for hydroxylation is 1. The number of hydrazone groups is 1. The number of fused-ring (bicyclic) bond motifs is 1. The third kappa shape index (κ3) is 5.63. The topological polar surface area (TPSA) is 104 Å². The summed E-state index contributed by atoms with van der Waals surface area (Å²) in [6, 6.07) is 16.7. The lowest BCUT2D eigenvalue weighted by Gasteiger charge is -2.09. The third-order valence-corrected chi connectivity index (χ3v) is 6.77. The summed E-state index contributed by atoms with van der Waals surface area (Å²) in [5.74, 6) is -1.23. The number of carbonyl (C=O) groups excluding carboxylic acids is 2. The van der Waals surface area contributed by atoms with Gasteiger partial charge in [-0.3, -0.25) is 9.59 Å². The average Bonchev–Trinajstić information content (AvgIpc) is 3.21. The number of rotatable bonds is 6. The number of amides is 2. The fourth-order valence-corrected chi connectivity index (χ4v) is 4.96. The molecule has 0 saturated carbocycles. The molecule has 7 nitrogen and oxygen atoms in total. The first-order valence-electron chi connectivity index (χ1n) is 10.7. The van der Waals surface area contributed by atoms with Crippen molar-refractivity contribution in [2.45, 2.75) is 32.3 Å². The lowest BCUT2D eigenvalue weighted by Crippen LogP contribution is -2.32. The van der Waals surface area contributed by atoms with Crippen molar-refractivity contribution in [3.05, 3.63) is 80.7 Å². The number of thiophene rings is 1. The molecular formula is C25H21ClN4O3S. The number of benzene rings is 2. The predicted molar refractivity (Wildman–Crippen MR) is 132 cm³/mol. The molecule has 0 radical (unpaired) electrons. The Hall–Kier alpha value is -3.67. The first-order valence-corrected chi connectivity index (χ1v) is 11.9. The van der Waals surface area contributed by atoms with E-state index in [1.165, 1.54) is 17.6 Å². The van der Waals surface area contributed by atoms with E-state index in [9.17, 15) is 14.9 Å². The highest BCUT2D eigenvalue weighted by molar-refractivity contribution is 7.16. The standard InChI is InChI=1S/C25H21ClN4O3S/c26-18-11-9-16(10-12-18)15-33-21-7-3-1-5-17(21)14-28-30-24(32)23(31)29-25-20(13-27)19-6-2-4-8-22(19)34-25/h1,3,5,7,9-12,14H,2,4,6,8,15H2,(H,29,31)(H,30,32)/b28-14-. The molecule has 2 aromatic carbocycles. The molecule has 3 aromatic rings. The zero-order chi connectivity index (χ0) is 23.9. The third-order valence-electron chi connectivity index (χ3n) is 5.31. The highest BCUT2D eigenvalue weighted by atomic mass is 35.5. The molecule has 172 valence electrons. The number of ether oxygens (including phenoxy) is 1. The van der Waals surface area contributed by atoms with Crippen LogP contribution < -0.4 is 15.5 Å². The van der Waals surface area contributed by atoms with E-state index in [0.717, 1.165) is 41.7 Å². The molecule has 0 aliphatic heterocycles. The monoisotopic (exact) mass is 492 g/mol. The number of nitrogens with zero attached hydrogens (tertiary/aromatic N) is 2. The summed E-state index contributed by atoms with van der Waals surface area (Å²) >= 11 is 7.27. The van der Waals surface area contributed by atoms with Gasteiger partial charge in [-0.1, -0.05) is 35.9 Å². The largest absolute Gasteiger partial charge is 0.488 e. The number of carbonyl (C=O) groups is 2. The Kier molecular flexibility index (Phi) is 7.58. The van der Waals surface area contributed by atoms with E-state index < -0.39 is 11.8 Å². The Morgan fingerprint density at radius 1 is 1.12 bits per heavy atom. The molecule has 4 rings (SSSR count). The van der Waals surface area contributed by atoms with Crippen molar-refractivity contribution in [1.29, 1.82) is 5.26 Å². The first-order chi connectivity index (χ1) is 16.5. The van der Waals surface area contributed by atoms with E-state index in [1.54, 1.807) is 24.3 Å². The van der Waals surface area contributed by atoms with Crippen LogP contribution in [0.2, 0.25) is 5.02 Å². The molecule has 0 saturated heterocycles. The molecule has 2 N–H and O–H groups in total. The fraction of sp³-hybridized carbons (Fsp3) is 0.200. The number of halogens is 1. The van der Waals surface area contributed by atoms with Gasteiger partial charge in [-0.25, -0.2) is 5.43 Å². The summed E-state index contributed by atoms with van der Waals surface area (Å²) in [6.45, 7) is 0.336. The van der Waals surface area contributed by atoms with Crippen LogP contribution in [0.3, 0.4) is 0 Å². The van der Waals surface area contributed by atoms with Crippen molar-refractivity contribution in [3.63, 3.8) is 0 Å². The van der Waals surface area contributed by atoms with Gasteiger partial charge in [0.25, 0.3) is 0 Å². The van der Waals surface area contributed by atoms with Crippen LogP contribution in [0.1, 0.15) is 40.0 Å². The van der Waals surface area contributed by atoms with Gasteiger partial charge in [0.2, 0.25) is 0 Å². The van der Waals surface area contributed by atoms with Gasteiger partial charge in [0.1, 0.15) is 23.4 Å². The SMILES string of the molecule is N#Cc1c(NC(=O)C(=O)N/N=C\c2ccccc2OCc2ccc(Cl)cc2)sc2c1CCCC2. The highest BCUT2D eigenvalue weighted by Gasteiger charge is 2.23. The maximum atomic E-state index is 12.4. The van der Waals surface area contributed by atoms with Crippen molar-refractivity contribution < 1.29 is 14.3 Å². The summed E-state index contributed by atoms with van der Waals surface area (Å²) in [5.41, 5.74) is 5.26. The molecule has 0 fully saturated rings. The smallest absolute Gasteiger partial charge is 0.329 e. The molecule has 1 aliphatic rings. The van der Waals surface area contributed by atoms with Crippen LogP contribution in [-0.2, 0) is 29.0 Å². The van der Waals surface area contributed by atoms with E-state index in [-0.39, 0.29) is 0 Å². The molecule has 0 atom stereocenters. The van der Waals surface area contributed by atoms with E-state index in [4.69, 9.17) is 16.3 Å². The van der Waals surface area contributed by atoms with Crippen molar-refractivity contribution in [2.24, 2.45) is 5.10 Å². The average molecular weight is 493 g/mol. The minimum Gasteiger partial charge on any atom is -0.488 e. The summed E-state index contributed by atoms with van der Waals surface area (Å²) in [6.07, 6.45) is 5.20. The highest BCUT2D eigenvalue weighted by Crippen LogP contribution is 2.37. The summed E-state index contributed by atoms with van der Waals surface area (Å²) in [5, 5.41) is 17.0. The zero-order valence-electron chi connectivity index (χ0n) is 18.1. The summed E-state index contributed by atoms with van der Waals surface area (Å²) in [7, 11) is 0. The van der Waals surface area contributed by atoms with Crippen molar-refractivity contribution >= 4 is 46.0 Å². The van der Waals surface area contributed by atoms with Crippen LogP contribution in [0.15, 0.2) is 53.6 Å². The molecular weight excluding hydrogens is 472 g/mol. The second-order valence-electron chi connectivity index (χ2n) is 7.63. The Bertz CT molecular complexity index is 1280. The predicted octanol–water partition coefficient (Wildman–Crippen LogP) is 4.82. The Labute approximate surface area is 206 Å². The van der Waals surface area contributed by atoms with Gasteiger partial charge in [0.05, 0.1) is 11.8 Å². The minimum atomic E-state index is -0.925. The van der Waals surface area contributed by atoms with Crippen LogP contribution in [0.5, 0.6) is 5.75 Å². The number of anilines is 1. The van der Waals surface area contributed by atoms with Gasteiger partial charge in [0.15, 0.2) is 0 Å². The van der Waals surface area contributed by atoms with Crippen molar-refractivity contribution in [1.82, 2.24) is 5.43 Å². The second-order valence-corrected chi connectivity index (χ2v) is 9.17. The molecule has 2 amide bonds. The van der Waals surface area contributed by atoms with Crippen LogP contribution in [0.4, 0.5) is 5.00 Å². The molecule has 34 heavy (non-hydrogen) atoms. The Morgan fingerprint density at radius 2 is 1.88 bits per heavy atom. The van der Waals surface area contributed by atoms with Crippen LogP contribution in [-0.4, -0.2) is 18.0 Å². The number of hydrogen-bond acceptors (Lipinski definition) is 6. The maximum absolute atomic E-state index is 12.4. The number of para-hydroxylation sites is 1. The summed E-state index contributed by atoms with van der Waals surface area (Å²) in [4.78, 5) is 25.7. The molecule has 0 bridgehead atoms. The van der Waals surface area contributed by atoms with Gasteiger partial charge in [-0.2, -0.15) is 10.4 Å². The molecule has 1 heterocycles. The van der Waals surface area contributed by atoms with Crippen LogP contribution in [0.25, 0.3) is 0 Å². The van der Waals surface area contributed by atoms with Crippen LogP contribution >= 0.6 is 22.9 Å². The quantitative estimate of drug-likeness (QED) is 0.292. The lowest BCUT2D eigenvalue weighted by molar-refractivity contribution is -0.136. The normalized spacial score (nSPS) is 12.6. The first kappa shape index (κ1) is 23.5. The van der Waals surface area contributed by atoms with Crippen LogP contribution in [0, 0.1) is 11.3 Å². The van der Waals surface area contributed by atoms with Gasteiger partial charge in [0, 0.05) is 15.5 Å². The zero-order valence-corrected chi connectivity index (χ0v) is 19.7. The number of nitriles is 1. The fourth-order valence-electron chi connectivity index (χ4n) is 3.60. The molecule has 0 spiro atoms. The Balaban J connectivity index is 1.36. The van der Waals surface area contributed by atoms with Gasteiger partial charge < -0.3 is 10.1 Å². The minimum absolute atomic E-state index is 0.336. The van der Waals surface area contributed by atoms with Crippen molar-refractivity contribution in [3.8, 4) is 11.8 Å². The Morgan fingerprint density at radius 3 is 2.68 bits per heavy atom. The maximum Gasteiger partial charge on any atom is 0.329 e. The van der Waals surface area contributed by atoms with E-state index in [2.05, 4.69) is 21.9 Å². The molecule has 9 heteroatoms. The molecule has 1 aliphatic carbocycles. The van der Waals surface area contributed by atoms with E-state index in [1.807, 2.05) is 24.3 Å². The lowest BCUT2D eigenvalue weighted by atomic mass is 9.96. The van der Waals surface area contributed by atoms with Gasteiger partial charge in [-0.05, 0) is 61.1 Å². The summed E-state index contributed by atoms with van der Waals surface area (Å²) < 4.78 is 5.86. The van der Waals surface area contributed by atoms with Crippen molar-refractivity contribution in [2.75, 3.05) is 5.32 Å².